The maximum absolute atomic E-state index is 14.7. The van der Waals surface area contributed by atoms with E-state index in [1.165, 1.54) is 56.3 Å². The van der Waals surface area contributed by atoms with Crippen molar-refractivity contribution in [2.75, 3.05) is 66.3 Å². The summed E-state index contributed by atoms with van der Waals surface area (Å²) in [7, 11) is 9.73. The number of carbonyl (C=O) groups is 7. The zero-order chi connectivity index (χ0) is 87.2. The number of primary amides is 1. The molecule has 33 nitrogen and oxygen atoms in total. The summed E-state index contributed by atoms with van der Waals surface area (Å²) < 4.78 is 80.1. The Bertz CT molecular complexity index is 3890. The van der Waals surface area contributed by atoms with Crippen LogP contribution >= 0.6 is 55.9 Å². The second-order valence-corrected chi connectivity index (χ2v) is 35.4. The smallest absolute Gasteiger partial charge is 0.410 e. The molecule has 0 radical (unpaired) electrons. The van der Waals surface area contributed by atoms with Gasteiger partial charge in [0.15, 0.2) is 41.9 Å². The van der Waals surface area contributed by atoms with Crippen molar-refractivity contribution >= 4 is 102 Å². The van der Waals surface area contributed by atoms with Crippen molar-refractivity contribution in [3.05, 3.63) is 68.3 Å². The molecule has 118 heavy (non-hydrogen) atoms. The lowest BCUT2D eigenvalue weighted by atomic mass is 9.64. The number of ketones is 2. The van der Waals surface area contributed by atoms with Gasteiger partial charge in [-0.3, -0.25) is 24.0 Å². The fourth-order valence-electron chi connectivity index (χ4n) is 14.5. The van der Waals surface area contributed by atoms with Gasteiger partial charge < -0.3 is 119 Å². The first-order valence-electron chi connectivity index (χ1n) is 39.2. The predicted octanol–water partition coefficient (Wildman–Crippen LogP) is 6.72. The number of benzene rings is 2. The molecule has 658 valence electrons. The lowest BCUT2D eigenvalue weighted by Crippen LogP contribution is -2.66. The van der Waals surface area contributed by atoms with Crippen LogP contribution in [0.2, 0.25) is 0 Å². The van der Waals surface area contributed by atoms with Crippen molar-refractivity contribution in [2.24, 2.45) is 35.1 Å². The van der Waals surface area contributed by atoms with E-state index >= 15 is 0 Å². The Morgan fingerprint density at radius 1 is 0.847 bits per heavy atom. The summed E-state index contributed by atoms with van der Waals surface area (Å²) in [6, 6.07) is 1.69. The van der Waals surface area contributed by atoms with E-state index in [4.69, 9.17) is 77.9 Å². The largest absolute Gasteiger partial charge is 0.492 e. The minimum absolute atomic E-state index is 0.00127. The number of hydrogen-bond donors (Lipinski definition) is 11. The normalized spacial score (nSPS) is 29.6. The molecule has 19 unspecified atom stereocenters. The van der Waals surface area contributed by atoms with Gasteiger partial charge in [0.05, 0.1) is 96.6 Å². The van der Waals surface area contributed by atoms with Crippen LogP contribution in [0.5, 0.6) is 17.2 Å². The van der Waals surface area contributed by atoms with Crippen LogP contribution < -0.4 is 47.1 Å². The third-order valence-corrected chi connectivity index (χ3v) is 26.7. The molecule has 2 aromatic carbocycles. The fourth-order valence-corrected chi connectivity index (χ4v) is 18.1. The molecule has 4 heterocycles. The number of likely N-dealkylation sites (N-methyl/N-ethyl adjacent to an activating group) is 1. The van der Waals surface area contributed by atoms with Crippen molar-refractivity contribution in [3.63, 3.8) is 0 Å². The topological polar surface area (TPSA) is 453 Å². The van der Waals surface area contributed by atoms with Gasteiger partial charge >= 0.3 is 18.2 Å². The molecule has 23 atom stereocenters. The van der Waals surface area contributed by atoms with E-state index < -0.39 is 187 Å². The average Bonchev–Trinajstić information content (AvgIpc) is 0.742. The van der Waals surface area contributed by atoms with Crippen LogP contribution in [0.15, 0.2) is 48.1 Å². The molecule has 4 saturated heterocycles. The highest BCUT2D eigenvalue weighted by molar-refractivity contribution is 14.1. The Labute approximate surface area is 716 Å². The third-order valence-electron chi connectivity index (χ3n) is 21.2. The Kier molecular flexibility index (Phi) is 39.4. The number of hydrogen-bond acceptors (Lipinski definition) is 31. The number of urea groups is 1. The number of halogens is 1. The van der Waals surface area contributed by atoms with Crippen LogP contribution in [0.1, 0.15) is 136 Å². The second-order valence-electron chi connectivity index (χ2n) is 30.2. The highest BCUT2D eigenvalue weighted by atomic mass is 127. The monoisotopic (exact) mass is 1830 g/mol. The van der Waals surface area contributed by atoms with Crippen LogP contribution in [-0.2, 0) is 73.2 Å². The van der Waals surface area contributed by atoms with Gasteiger partial charge in [-0.1, -0.05) is 111 Å². The molecule has 0 aromatic heterocycles. The molecule has 7 rings (SSSR count). The minimum Gasteiger partial charge on any atom is -0.492 e. The maximum atomic E-state index is 14.7. The molecule has 37 heteroatoms. The number of rotatable bonds is 36. The predicted molar refractivity (Wildman–Crippen MR) is 449 cm³/mol. The lowest BCUT2D eigenvalue weighted by Gasteiger charge is -2.49. The molecule has 1 saturated carbocycles. The quantitative estimate of drug-likeness (QED) is 0.00842. The number of nitrogens with zero attached hydrogens (tertiary/aromatic N) is 1. The molecule has 5 fully saturated rings. The zero-order valence-electron chi connectivity index (χ0n) is 69.8. The highest BCUT2D eigenvalue weighted by Gasteiger charge is 2.56. The average molecular weight is 1830 g/mol. The lowest BCUT2D eigenvalue weighted by molar-refractivity contribution is -0.340. The number of methoxy groups -OCH3 is 5. The van der Waals surface area contributed by atoms with Crippen LogP contribution in [0.3, 0.4) is 0 Å². The zero-order valence-corrected chi connectivity index (χ0v) is 74.4. The summed E-state index contributed by atoms with van der Waals surface area (Å²) in [5, 5.41) is 66.6. The molecule has 13 N–H and O–H groups in total. The van der Waals surface area contributed by atoms with E-state index in [0.29, 0.717) is 38.1 Å². The third kappa shape index (κ3) is 25.8. The van der Waals surface area contributed by atoms with E-state index in [1.54, 1.807) is 90.4 Å². The summed E-state index contributed by atoms with van der Waals surface area (Å²) in [4.78, 5) is 103. The summed E-state index contributed by atoms with van der Waals surface area (Å²) in [6.45, 7) is 21.1. The molecule has 5 aliphatic rings. The number of carbonyl (C=O) groups excluding carboxylic acids is 7. The van der Waals surface area contributed by atoms with Gasteiger partial charge in [-0.25, -0.2) is 14.4 Å². The second kappa shape index (κ2) is 46.9. The SMILES string of the molecule is CC#C/C=C\C#C[C@H](OC1OC(C)C(NOC2CC(O)C(SC(=O)c3c(C)c(I)c(OC4OC(C)C(O)C(OC)C4O)c(OC)c3OC)C(C)O2)C(O)C1OC1CC(OC)C(N(CC)C(=O)OCc2ccc(NC(=O)[C@H](CCCNC(N)=O)CC(=O)[C@@H](N)C(C)C)cc2)CO1)C1/C(=C\CSSC(C)C)[C@](O)(C(C)C)CC(=O)C1NC(=O)OC. The number of anilines is 1. The number of allylic oxidation sites excluding steroid dienone is 2. The van der Waals surface area contributed by atoms with Crippen LogP contribution in [0.4, 0.5) is 20.1 Å². The van der Waals surface area contributed by atoms with Gasteiger partial charge in [0, 0.05) is 81.5 Å². The first kappa shape index (κ1) is 99.0. The van der Waals surface area contributed by atoms with Crippen molar-refractivity contribution in [1.29, 1.82) is 0 Å². The summed E-state index contributed by atoms with van der Waals surface area (Å²) in [5.41, 5.74) is 14.3. The number of Topliss-reactive ketones (excluding diaryl/α,β-unsaturated/α-hetero) is 2. The number of hydroxylamine groups is 1. The molecule has 5 amide bonds. The standard InChI is InChI=1S/C81H118IN7O26S3/c1-18-20-21-22-23-26-55(60-50(31-33-116-118-42(7)8)81(101,41(5)6)37-54(92)64(60)87-79(99)106-17)112-77-71(113-57-36-56(102-13)51(39-107-57)89(19-2)80(100)108-38-47-27-29-49(30-28-47)86-74(96)48(25-24-32-85-78(84)98)34-52(90)62(83)40(3)4)66(94)63(44(10)110-77)88-115-58-35-53(91)73(46(12)109-58)117-75(97)59-43(9)61(82)69(72(105-16)68(59)103-14)114-76-67(95)70(104-15)65(93)45(11)111-76/h21-22,27-31,40-42,44-46,48,51,53,55-58,60,62-67,70-71,73,76-77,88,91,93-95,101H,19,24-25,32-39,83H2,1-17H3,(H,86,96)(H,87,99)(H3,84,85,98)/b22-21-,50-31+/t44?,45?,46?,48-,51?,53?,55+,56?,57?,58?,60?,62+,63?,64?,65?,66?,67?,70?,71?,73?,76?,77?,81-/m1/s1. The molecule has 1 aliphatic carbocycles. The summed E-state index contributed by atoms with van der Waals surface area (Å²) in [5.74, 6) is 8.11. The van der Waals surface area contributed by atoms with E-state index in [9.17, 15) is 59.1 Å². The first-order valence-corrected chi connectivity index (χ1v) is 43.6. The van der Waals surface area contributed by atoms with Crippen LogP contribution in [0.25, 0.3) is 0 Å². The van der Waals surface area contributed by atoms with E-state index in [1.807, 2.05) is 56.4 Å². The Morgan fingerprint density at radius 2 is 1.53 bits per heavy atom. The van der Waals surface area contributed by atoms with Gasteiger partial charge in [0.1, 0.15) is 49.3 Å². The first-order chi connectivity index (χ1) is 56.0. The number of nitrogens with two attached hydrogens (primary N) is 2. The Morgan fingerprint density at radius 3 is 2.14 bits per heavy atom. The Hall–Kier alpha value is -6.13. The highest BCUT2D eigenvalue weighted by Crippen LogP contribution is 2.50. The molecule has 4 aliphatic heterocycles. The van der Waals surface area contributed by atoms with Gasteiger partial charge in [-0.05, 0) is 130 Å². The summed E-state index contributed by atoms with van der Waals surface area (Å²) in [6.07, 6.45) is -15.8. The summed E-state index contributed by atoms with van der Waals surface area (Å²) >= 11 is 2.78. The number of nitrogens with one attached hydrogen (secondary N) is 4. The fraction of sp³-hybridized carbons (Fsp3) is 0.667. The molecular weight excluding hydrogens is 1710 g/mol. The molecule has 0 bridgehead atoms. The number of ether oxygens (including phenoxy) is 13. The van der Waals surface area contributed by atoms with E-state index in [-0.39, 0.29) is 91.7 Å². The number of thioether (sulfide) groups is 1. The molecular formula is C81H118IN7O26S3. The van der Waals surface area contributed by atoms with Crippen molar-refractivity contribution in [1.82, 2.24) is 21.0 Å². The number of amides is 5. The van der Waals surface area contributed by atoms with Crippen molar-refractivity contribution in [3.8, 4) is 40.9 Å². The number of aliphatic hydroxyl groups is 5. The minimum atomic E-state index is -1.81. The van der Waals surface area contributed by atoms with E-state index in [2.05, 4.69) is 45.1 Å². The van der Waals surface area contributed by atoms with Crippen LogP contribution in [-0.4, -0.2) is 265 Å². The van der Waals surface area contributed by atoms with Gasteiger partial charge in [-0.15, -0.1) is 5.92 Å². The van der Waals surface area contributed by atoms with Gasteiger partial charge in [0.25, 0.3) is 0 Å². The van der Waals surface area contributed by atoms with Gasteiger partial charge in [0.2, 0.25) is 23.1 Å². The van der Waals surface area contributed by atoms with Gasteiger partial charge in [-0.2, -0.15) is 5.48 Å². The van der Waals surface area contributed by atoms with E-state index in [0.717, 1.165) is 18.9 Å². The van der Waals surface area contributed by atoms with Crippen molar-refractivity contribution in [2.45, 2.75) is 261 Å². The Balaban J connectivity index is 1.15. The van der Waals surface area contributed by atoms with Crippen molar-refractivity contribution < 1.29 is 126 Å². The number of aliphatic hydroxyl groups excluding tert-OH is 4. The number of alkyl carbamates (subject to hydrolysis) is 1. The molecule has 0 spiro atoms. The molecule has 2 aromatic rings. The maximum Gasteiger partial charge on any atom is 0.410 e. The van der Waals surface area contributed by atoms with Crippen LogP contribution in [0, 0.1) is 57.8 Å².